The van der Waals surface area contributed by atoms with E-state index < -0.39 is 4.92 Å². The van der Waals surface area contributed by atoms with E-state index in [0.29, 0.717) is 29.0 Å². The topological polar surface area (TPSA) is 131 Å². The van der Waals surface area contributed by atoms with Gasteiger partial charge >= 0.3 is 0 Å². The molecule has 0 saturated heterocycles. The van der Waals surface area contributed by atoms with Gasteiger partial charge in [0.2, 0.25) is 5.91 Å². The Morgan fingerprint density at radius 3 is 2.48 bits per heavy atom. The molecule has 1 heterocycles. The Bertz CT molecular complexity index is 1120. The van der Waals surface area contributed by atoms with Crippen molar-refractivity contribution < 1.29 is 23.9 Å². The van der Waals surface area contributed by atoms with Gasteiger partial charge in [-0.3, -0.25) is 14.9 Å². The molecule has 0 saturated carbocycles. The normalized spacial score (nSPS) is 10.5. The van der Waals surface area contributed by atoms with Crippen LogP contribution >= 0.6 is 11.8 Å². The summed E-state index contributed by atoms with van der Waals surface area (Å²) < 4.78 is 17.9. The van der Waals surface area contributed by atoms with Crippen LogP contribution in [0, 0.1) is 10.1 Å². The molecule has 0 aliphatic rings. The molecule has 0 aliphatic carbocycles. The first-order chi connectivity index (χ1) is 15.9. The Morgan fingerprint density at radius 1 is 1.12 bits per heavy atom. The maximum absolute atomic E-state index is 12.4. The summed E-state index contributed by atoms with van der Waals surface area (Å²) in [5.74, 6) is 2.01. The van der Waals surface area contributed by atoms with Crippen LogP contribution in [0.25, 0.3) is 0 Å². The van der Waals surface area contributed by atoms with Crippen LogP contribution in [0.15, 0.2) is 47.6 Å². The first-order valence-corrected chi connectivity index (χ1v) is 10.9. The van der Waals surface area contributed by atoms with Crippen LogP contribution in [0.3, 0.4) is 0 Å². The average Bonchev–Trinajstić information content (AvgIpc) is 3.23. The second kappa shape index (κ2) is 11.2. The van der Waals surface area contributed by atoms with Crippen LogP contribution in [0.2, 0.25) is 0 Å². The van der Waals surface area contributed by atoms with Crippen molar-refractivity contribution in [1.82, 2.24) is 14.8 Å². The van der Waals surface area contributed by atoms with Crippen LogP contribution in [0.1, 0.15) is 12.7 Å². The van der Waals surface area contributed by atoms with Gasteiger partial charge in [-0.25, -0.2) is 0 Å². The fourth-order valence-electron chi connectivity index (χ4n) is 2.88. The van der Waals surface area contributed by atoms with Crippen molar-refractivity contribution in [2.75, 3.05) is 25.3 Å². The van der Waals surface area contributed by atoms with E-state index in [0.717, 1.165) is 5.75 Å². The SMILES string of the molecule is CCn1c(COc2ccc(OC)cc2)nnc1SCC(=O)Nc1ccc([N+](=O)[O-])cc1OC. The fraction of sp³-hybridized carbons (Fsp3) is 0.286. The Morgan fingerprint density at radius 2 is 1.85 bits per heavy atom. The van der Waals surface area contributed by atoms with Gasteiger partial charge in [-0.05, 0) is 37.3 Å². The number of amides is 1. The van der Waals surface area contributed by atoms with Crippen LogP contribution in [-0.4, -0.2) is 45.6 Å². The molecule has 3 aromatic rings. The van der Waals surface area contributed by atoms with E-state index in [4.69, 9.17) is 14.2 Å². The van der Waals surface area contributed by atoms with Crippen LogP contribution in [0.4, 0.5) is 11.4 Å². The number of nitrogens with one attached hydrogen (secondary N) is 1. The Labute approximate surface area is 194 Å². The summed E-state index contributed by atoms with van der Waals surface area (Å²) >= 11 is 1.22. The van der Waals surface area contributed by atoms with Crippen molar-refractivity contribution in [1.29, 1.82) is 0 Å². The molecule has 0 aliphatic heterocycles. The fourth-order valence-corrected chi connectivity index (χ4v) is 3.70. The first-order valence-electron chi connectivity index (χ1n) is 9.89. The largest absolute Gasteiger partial charge is 0.497 e. The van der Waals surface area contributed by atoms with Crippen LogP contribution in [-0.2, 0) is 17.9 Å². The zero-order valence-corrected chi connectivity index (χ0v) is 19.1. The predicted octanol–water partition coefficient (Wildman–Crippen LogP) is 3.53. The quantitative estimate of drug-likeness (QED) is 0.252. The second-order valence-electron chi connectivity index (χ2n) is 6.59. The monoisotopic (exact) mass is 473 g/mol. The van der Waals surface area contributed by atoms with E-state index in [1.54, 1.807) is 31.4 Å². The zero-order chi connectivity index (χ0) is 23.8. The van der Waals surface area contributed by atoms with Gasteiger partial charge in [0, 0.05) is 12.6 Å². The molecule has 0 bridgehead atoms. The standard InChI is InChI=1S/C21H23N5O6S/c1-4-25-19(12-32-16-8-6-15(30-2)7-9-16)23-24-21(25)33-13-20(27)22-17-10-5-14(26(28)29)11-18(17)31-3/h5-11H,4,12-13H2,1-3H3,(H,22,27). The van der Waals surface area contributed by atoms with E-state index >= 15 is 0 Å². The summed E-state index contributed by atoms with van der Waals surface area (Å²) in [6.45, 7) is 2.78. The molecule has 0 unspecified atom stereocenters. The van der Waals surface area contributed by atoms with Gasteiger partial charge in [0.25, 0.3) is 5.69 Å². The van der Waals surface area contributed by atoms with E-state index in [1.807, 2.05) is 11.5 Å². The lowest BCUT2D eigenvalue weighted by molar-refractivity contribution is -0.384. The summed E-state index contributed by atoms with van der Waals surface area (Å²) in [5.41, 5.74) is 0.221. The Kier molecular flexibility index (Phi) is 8.08. The number of ether oxygens (including phenoxy) is 3. The molecule has 0 fully saturated rings. The van der Waals surface area contributed by atoms with Gasteiger partial charge in [-0.1, -0.05) is 11.8 Å². The maximum atomic E-state index is 12.4. The van der Waals surface area contributed by atoms with Gasteiger partial charge in [0.15, 0.2) is 11.0 Å². The van der Waals surface area contributed by atoms with Gasteiger partial charge in [0.05, 0.1) is 36.6 Å². The number of nitro groups is 1. The molecule has 0 radical (unpaired) electrons. The smallest absolute Gasteiger partial charge is 0.273 e. The van der Waals surface area contributed by atoms with Crippen molar-refractivity contribution in [3.63, 3.8) is 0 Å². The number of carbonyl (C=O) groups is 1. The summed E-state index contributed by atoms with van der Waals surface area (Å²) in [4.78, 5) is 22.8. The van der Waals surface area contributed by atoms with Gasteiger partial charge in [0.1, 0.15) is 23.9 Å². The third-order valence-electron chi connectivity index (χ3n) is 4.54. The molecular weight excluding hydrogens is 450 g/mol. The zero-order valence-electron chi connectivity index (χ0n) is 18.3. The number of carbonyl (C=O) groups excluding carboxylic acids is 1. The molecule has 1 N–H and O–H groups in total. The number of aromatic nitrogens is 3. The highest BCUT2D eigenvalue weighted by Gasteiger charge is 2.16. The third-order valence-corrected chi connectivity index (χ3v) is 5.51. The summed E-state index contributed by atoms with van der Waals surface area (Å²) in [7, 11) is 2.98. The molecule has 1 aromatic heterocycles. The molecule has 3 rings (SSSR count). The van der Waals surface area contributed by atoms with Crippen molar-refractivity contribution in [2.24, 2.45) is 0 Å². The minimum atomic E-state index is -0.530. The van der Waals surface area contributed by atoms with E-state index in [-0.39, 0.29) is 29.7 Å². The number of benzene rings is 2. The van der Waals surface area contributed by atoms with E-state index in [1.165, 1.54) is 37.1 Å². The van der Waals surface area contributed by atoms with Crippen molar-refractivity contribution in [3.8, 4) is 17.2 Å². The number of nitrogens with zero attached hydrogens (tertiary/aromatic N) is 4. The summed E-state index contributed by atoms with van der Waals surface area (Å²) in [5, 5.41) is 22.5. The molecule has 0 atom stereocenters. The highest BCUT2D eigenvalue weighted by Crippen LogP contribution is 2.29. The number of hydrogen-bond acceptors (Lipinski definition) is 9. The Hall–Kier alpha value is -3.80. The summed E-state index contributed by atoms with van der Waals surface area (Å²) in [6.07, 6.45) is 0. The van der Waals surface area contributed by atoms with Crippen LogP contribution in [0.5, 0.6) is 17.2 Å². The highest BCUT2D eigenvalue weighted by molar-refractivity contribution is 7.99. The summed E-state index contributed by atoms with van der Waals surface area (Å²) in [6, 6.07) is 11.2. The van der Waals surface area contributed by atoms with Crippen LogP contribution < -0.4 is 19.5 Å². The van der Waals surface area contributed by atoms with E-state index in [9.17, 15) is 14.9 Å². The number of rotatable bonds is 11. The highest BCUT2D eigenvalue weighted by atomic mass is 32.2. The lowest BCUT2D eigenvalue weighted by Gasteiger charge is -2.11. The molecule has 174 valence electrons. The number of non-ortho nitro benzene ring substituents is 1. The first kappa shape index (κ1) is 23.9. The average molecular weight is 474 g/mol. The third kappa shape index (κ3) is 6.13. The molecule has 0 spiro atoms. The second-order valence-corrected chi connectivity index (χ2v) is 7.53. The number of methoxy groups -OCH3 is 2. The molecule has 2 aromatic carbocycles. The predicted molar refractivity (Wildman–Crippen MR) is 122 cm³/mol. The minimum absolute atomic E-state index is 0.0671. The molecule has 1 amide bonds. The number of thioether (sulfide) groups is 1. The van der Waals surface area contributed by atoms with Crippen molar-refractivity contribution in [3.05, 3.63) is 58.4 Å². The maximum Gasteiger partial charge on any atom is 0.273 e. The number of nitro benzene ring substituents is 1. The van der Waals surface area contributed by atoms with Gasteiger partial charge in [-0.15, -0.1) is 10.2 Å². The molecular formula is C21H23N5O6S. The number of hydrogen-bond donors (Lipinski definition) is 1. The lowest BCUT2D eigenvalue weighted by atomic mass is 10.2. The van der Waals surface area contributed by atoms with Gasteiger partial charge in [-0.2, -0.15) is 0 Å². The van der Waals surface area contributed by atoms with E-state index in [2.05, 4.69) is 15.5 Å². The minimum Gasteiger partial charge on any atom is -0.497 e. The Balaban J connectivity index is 1.59. The molecule has 33 heavy (non-hydrogen) atoms. The van der Waals surface area contributed by atoms with Crippen molar-refractivity contribution >= 4 is 29.0 Å². The van der Waals surface area contributed by atoms with Crippen molar-refractivity contribution in [2.45, 2.75) is 25.2 Å². The lowest BCUT2D eigenvalue weighted by Crippen LogP contribution is -2.15. The van der Waals surface area contributed by atoms with Gasteiger partial charge < -0.3 is 24.1 Å². The number of anilines is 1. The molecule has 11 nitrogen and oxygen atoms in total. The molecule has 12 heteroatoms.